The number of carbonyl (C=O) groups excluding carboxylic acids is 1. The molecular weight excluding hydrogens is 168 g/mol. The van der Waals surface area contributed by atoms with Crippen LogP contribution in [0.25, 0.3) is 0 Å². The van der Waals surface area contributed by atoms with Gasteiger partial charge in [-0.2, -0.15) is 0 Å². The van der Waals surface area contributed by atoms with Gasteiger partial charge in [-0.15, -0.1) is 0 Å². The normalized spacial score (nSPS) is 17.6. The SMILES string of the molecule is CCC(C)[C@H](N)C(=O)N[C@H](C)CO. The standard InChI is InChI=1S/C9H20N2O2/c1-4-6(2)8(10)9(13)11-7(3)5-12/h6-8,12H,4-5,10H2,1-3H3,(H,11,13)/t6?,7-,8+/m1/s1. The first-order chi connectivity index (χ1) is 6.02. The van der Waals surface area contributed by atoms with E-state index in [1.807, 2.05) is 13.8 Å². The molecular formula is C9H20N2O2. The number of hydrogen-bond donors (Lipinski definition) is 3. The Hall–Kier alpha value is -0.610. The first-order valence-electron chi connectivity index (χ1n) is 4.69. The molecule has 0 aliphatic carbocycles. The average Bonchev–Trinajstić information content (AvgIpc) is 2.14. The van der Waals surface area contributed by atoms with Gasteiger partial charge >= 0.3 is 0 Å². The zero-order chi connectivity index (χ0) is 10.4. The number of amides is 1. The summed E-state index contributed by atoms with van der Waals surface area (Å²) in [5, 5.41) is 11.3. The van der Waals surface area contributed by atoms with Crippen molar-refractivity contribution in [2.45, 2.75) is 39.3 Å². The van der Waals surface area contributed by atoms with E-state index in [0.29, 0.717) is 0 Å². The summed E-state index contributed by atoms with van der Waals surface area (Å²) in [5.41, 5.74) is 5.68. The van der Waals surface area contributed by atoms with E-state index in [2.05, 4.69) is 5.32 Å². The van der Waals surface area contributed by atoms with Crippen molar-refractivity contribution in [3.8, 4) is 0 Å². The van der Waals surface area contributed by atoms with Crippen LogP contribution in [0.3, 0.4) is 0 Å². The Morgan fingerprint density at radius 3 is 2.46 bits per heavy atom. The summed E-state index contributed by atoms with van der Waals surface area (Å²) in [5.74, 6) is -0.0122. The molecule has 78 valence electrons. The van der Waals surface area contributed by atoms with Gasteiger partial charge in [0.1, 0.15) is 0 Å². The molecule has 0 aliphatic rings. The number of rotatable bonds is 5. The van der Waals surface area contributed by atoms with Crippen LogP contribution in [-0.2, 0) is 4.79 Å². The van der Waals surface area contributed by atoms with E-state index in [1.54, 1.807) is 6.92 Å². The van der Waals surface area contributed by atoms with Crippen molar-refractivity contribution in [3.63, 3.8) is 0 Å². The van der Waals surface area contributed by atoms with Gasteiger partial charge in [0.25, 0.3) is 0 Å². The molecule has 0 radical (unpaired) electrons. The van der Waals surface area contributed by atoms with E-state index in [0.717, 1.165) is 6.42 Å². The maximum atomic E-state index is 11.4. The molecule has 4 N–H and O–H groups in total. The van der Waals surface area contributed by atoms with Gasteiger partial charge in [0, 0.05) is 6.04 Å². The lowest BCUT2D eigenvalue weighted by molar-refractivity contribution is -0.124. The Morgan fingerprint density at radius 2 is 2.08 bits per heavy atom. The van der Waals surface area contributed by atoms with Crippen LogP contribution < -0.4 is 11.1 Å². The Labute approximate surface area is 79.5 Å². The molecule has 0 aliphatic heterocycles. The summed E-state index contributed by atoms with van der Waals surface area (Å²) in [4.78, 5) is 11.4. The lowest BCUT2D eigenvalue weighted by atomic mass is 9.99. The largest absolute Gasteiger partial charge is 0.394 e. The maximum absolute atomic E-state index is 11.4. The molecule has 13 heavy (non-hydrogen) atoms. The lowest BCUT2D eigenvalue weighted by Crippen LogP contribution is -2.48. The molecule has 1 unspecified atom stereocenters. The highest BCUT2D eigenvalue weighted by Crippen LogP contribution is 2.05. The topological polar surface area (TPSA) is 75.4 Å². The number of carbonyl (C=O) groups is 1. The second-order valence-corrected chi connectivity index (χ2v) is 3.50. The molecule has 0 fully saturated rings. The zero-order valence-electron chi connectivity index (χ0n) is 8.58. The van der Waals surface area contributed by atoms with Crippen LogP contribution in [0.15, 0.2) is 0 Å². The van der Waals surface area contributed by atoms with Crippen molar-refractivity contribution in [3.05, 3.63) is 0 Å². The van der Waals surface area contributed by atoms with Crippen molar-refractivity contribution in [2.75, 3.05) is 6.61 Å². The predicted molar refractivity (Wildman–Crippen MR) is 52.1 cm³/mol. The highest BCUT2D eigenvalue weighted by atomic mass is 16.3. The van der Waals surface area contributed by atoms with E-state index < -0.39 is 6.04 Å². The number of aliphatic hydroxyl groups excluding tert-OH is 1. The van der Waals surface area contributed by atoms with Crippen molar-refractivity contribution in [1.82, 2.24) is 5.32 Å². The maximum Gasteiger partial charge on any atom is 0.237 e. The number of nitrogens with one attached hydrogen (secondary N) is 1. The molecule has 0 saturated heterocycles. The van der Waals surface area contributed by atoms with Gasteiger partial charge < -0.3 is 16.2 Å². The Balaban J connectivity index is 3.96. The van der Waals surface area contributed by atoms with Crippen molar-refractivity contribution in [1.29, 1.82) is 0 Å². The van der Waals surface area contributed by atoms with Gasteiger partial charge in [0.2, 0.25) is 5.91 Å². The van der Waals surface area contributed by atoms with Gasteiger partial charge in [0.05, 0.1) is 12.6 Å². The van der Waals surface area contributed by atoms with E-state index in [-0.39, 0.29) is 24.5 Å². The summed E-state index contributed by atoms with van der Waals surface area (Å²) < 4.78 is 0. The van der Waals surface area contributed by atoms with Crippen LogP contribution in [0.5, 0.6) is 0 Å². The third kappa shape index (κ3) is 4.24. The van der Waals surface area contributed by atoms with Gasteiger partial charge in [0.15, 0.2) is 0 Å². The summed E-state index contributed by atoms with van der Waals surface area (Å²) >= 11 is 0. The van der Waals surface area contributed by atoms with E-state index in [9.17, 15) is 4.79 Å². The first kappa shape index (κ1) is 12.4. The van der Waals surface area contributed by atoms with Gasteiger partial charge in [-0.25, -0.2) is 0 Å². The molecule has 0 saturated carbocycles. The van der Waals surface area contributed by atoms with E-state index in [1.165, 1.54) is 0 Å². The van der Waals surface area contributed by atoms with Gasteiger partial charge in [-0.05, 0) is 12.8 Å². The number of hydrogen-bond acceptors (Lipinski definition) is 3. The Bertz CT molecular complexity index is 162. The fraction of sp³-hybridized carbons (Fsp3) is 0.889. The van der Waals surface area contributed by atoms with Crippen LogP contribution in [-0.4, -0.2) is 29.7 Å². The minimum absolute atomic E-state index is 0.0566. The molecule has 0 heterocycles. The van der Waals surface area contributed by atoms with Crippen LogP contribution in [0.1, 0.15) is 27.2 Å². The minimum Gasteiger partial charge on any atom is -0.394 e. The Kier molecular flexibility index (Phi) is 5.66. The molecule has 0 aromatic heterocycles. The lowest BCUT2D eigenvalue weighted by Gasteiger charge is -2.19. The summed E-state index contributed by atoms with van der Waals surface area (Å²) in [6, 6.07) is -0.693. The van der Waals surface area contributed by atoms with Gasteiger partial charge in [-0.1, -0.05) is 20.3 Å². The fourth-order valence-electron chi connectivity index (χ4n) is 0.897. The highest BCUT2D eigenvalue weighted by Gasteiger charge is 2.20. The van der Waals surface area contributed by atoms with Crippen LogP contribution in [0, 0.1) is 5.92 Å². The fourth-order valence-corrected chi connectivity index (χ4v) is 0.897. The molecule has 4 heteroatoms. The number of nitrogens with two attached hydrogens (primary N) is 1. The molecule has 0 spiro atoms. The Morgan fingerprint density at radius 1 is 1.54 bits per heavy atom. The second kappa shape index (κ2) is 5.94. The summed E-state index contributed by atoms with van der Waals surface area (Å²) in [7, 11) is 0. The van der Waals surface area contributed by atoms with Crippen LogP contribution >= 0.6 is 0 Å². The van der Waals surface area contributed by atoms with Gasteiger partial charge in [-0.3, -0.25) is 4.79 Å². The van der Waals surface area contributed by atoms with Crippen molar-refractivity contribution in [2.24, 2.45) is 11.7 Å². The smallest absolute Gasteiger partial charge is 0.237 e. The molecule has 0 aromatic carbocycles. The highest BCUT2D eigenvalue weighted by molar-refractivity contribution is 5.82. The molecule has 4 nitrogen and oxygen atoms in total. The predicted octanol–water partition coefficient (Wildman–Crippen LogP) is -0.143. The molecule has 3 atom stereocenters. The summed E-state index contributed by atoms with van der Waals surface area (Å²) in [6.45, 7) is 5.61. The zero-order valence-corrected chi connectivity index (χ0v) is 8.58. The van der Waals surface area contributed by atoms with Crippen LogP contribution in [0.2, 0.25) is 0 Å². The third-order valence-electron chi connectivity index (χ3n) is 2.22. The molecule has 0 aromatic rings. The number of aliphatic hydroxyl groups is 1. The van der Waals surface area contributed by atoms with E-state index >= 15 is 0 Å². The van der Waals surface area contributed by atoms with Crippen molar-refractivity contribution < 1.29 is 9.90 Å². The monoisotopic (exact) mass is 188 g/mol. The van der Waals surface area contributed by atoms with Crippen LogP contribution in [0.4, 0.5) is 0 Å². The second-order valence-electron chi connectivity index (χ2n) is 3.50. The third-order valence-corrected chi connectivity index (χ3v) is 2.22. The molecule has 0 bridgehead atoms. The summed E-state index contributed by atoms with van der Waals surface area (Å²) in [6.07, 6.45) is 0.877. The quantitative estimate of drug-likeness (QED) is 0.562. The minimum atomic E-state index is -0.473. The molecule has 0 rings (SSSR count). The van der Waals surface area contributed by atoms with Crippen molar-refractivity contribution >= 4 is 5.91 Å². The average molecular weight is 188 g/mol. The molecule has 1 amide bonds. The van der Waals surface area contributed by atoms with E-state index in [4.69, 9.17) is 10.8 Å². The first-order valence-corrected chi connectivity index (χ1v) is 4.69.